The second kappa shape index (κ2) is 8.51. The summed E-state index contributed by atoms with van der Waals surface area (Å²) in [5.41, 5.74) is 9.66. The lowest BCUT2D eigenvalue weighted by atomic mass is 10.3. The third-order valence-corrected chi connectivity index (χ3v) is 3.15. The van der Waals surface area contributed by atoms with Crippen LogP contribution in [0.4, 0.5) is 20.2 Å². The Labute approximate surface area is 147 Å². The molecule has 0 saturated heterocycles. The van der Waals surface area contributed by atoms with Gasteiger partial charge in [-0.25, -0.2) is 8.78 Å². The standard InChI is InChI=1S/C16H16F2N4O4/c1-25-13-7-9(17)3-5-11(13)19-21-15(23)16(24)22-20-12-6-4-10(18)8-14(12)26-2/h3-8,19-20H,1-2H3,(H,21,23)(H,22,24). The van der Waals surface area contributed by atoms with Crippen LogP contribution in [-0.2, 0) is 9.59 Å². The van der Waals surface area contributed by atoms with Crippen LogP contribution in [-0.4, -0.2) is 26.0 Å². The summed E-state index contributed by atoms with van der Waals surface area (Å²) in [6.45, 7) is 0. The highest BCUT2D eigenvalue weighted by atomic mass is 19.1. The fourth-order valence-electron chi connectivity index (χ4n) is 1.90. The number of anilines is 2. The molecule has 2 aromatic carbocycles. The average Bonchev–Trinajstić information content (AvgIpc) is 2.65. The quantitative estimate of drug-likeness (QED) is 0.457. The van der Waals surface area contributed by atoms with E-state index in [9.17, 15) is 18.4 Å². The van der Waals surface area contributed by atoms with E-state index in [1.54, 1.807) is 0 Å². The Morgan fingerprint density at radius 3 is 1.50 bits per heavy atom. The molecule has 0 atom stereocenters. The molecule has 0 heterocycles. The summed E-state index contributed by atoms with van der Waals surface area (Å²) in [6, 6.07) is 7.18. The second-order valence-corrected chi connectivity index (χ2v) is 4.85. The van der Waals surface area contributed by atoms with Gasteiger partial charge in [0, 0.05) is 12.1 Å². The van der Waals surface area contributed by atoms with Crippen LogP contribution in [0.15, 0.2) is 36.4 Å². The van der Waals surface area contributed by atoms with Crippen LogP contribution >= 0.6 is 0 Å². The third-order valence-electron chi connectivity index (χ3n) is 3.15. The lowest BCUT2D eigenvalue weighted by Gasteiger charge is -2.14. The van der Waals surface area contributed by atoms with Crippen LogP contribution in [0.2, 0.25) is 0 Å². The summed E-state index contributed by atoms with van der Waals surface area (Å²) in [6.07, 6.45) is 0. The van der Waals surface area contributed by atoms with Gasteiger partial charge < -0.3 is 9.47 Å². The predicted molar refractivity (Wildman–Crippen MR) is 89.4 cm³/mol. The van der Waals surface area contributed by atoms with Crippen LogP contribution in [0.3, 0.4) is 0 Å². The number of ether oxygens (including phenoxy) is 2. The smallest absolute Gasteiger partial charge is 0.329 e. The number of carbonyl (C=O) groups is 2. The van der Waals surface area contributed by atoms with Gasteiger partial charge in [0.2, 0.25) is 0 Å². The van der Waals surface area contributed by atoms with Gasteiger partial charge in [-0.05, 0) is 24.3 Å². The van der Waals surface area contributed by atoms with Crippen molar-refractivity contribution in [2.45, 2.75) is 0 Å². The molecule has 0 spiro atoms. The van der Waals surface area contributed by atoms with Crippen LogP contribution < -0.4 is 31.2 Å². The first kappa shape index (κ1) is 18.8. The number of hydrogen-bond donors (Lipinski definition) is 4. The molecule has 0 aliphatic heterocycles. The third kappa shape index (κ3) is 4.72. The van der Waals surface area contributed by atoms with E-state index in [2.05, 4.69) is 21.7 Å². The zero-order valence-corrected chi connectivity index (χ0v) is 13.9. The van der Waals surface area contributed by atoms with E-state index in [1.807, 2.05) is 0 Å². The Kier molecular flexibility index (Phi) is 6.15. The van der Waals surface area contributed by atoms with Crippen molar-refractivity contribution in [3.63, 3.8) is 0 Å². The van der Waals surface area contributed by atoms with Gasteiger partial charge in [-0.2, -0.15) is 0 Å². The van der Waals surface area contributed by atoms with Crippen molar-refractivity contribution in [3.05, 3.63) is 48.0 Å². The number of halogens is 2. The van der Waals surface area contributed by atoms with Gasteiger partial charge in [-0.15, -0.1) is 0 Å². The fraction of sp³-hybridized carbons (Fsp3) is 0.125. The second-order valence-electron chi connectivity index (χ2n) is 4.85. The number of methoxy groups -OCH3 is 2. The van der Waals surface area contributed by atoms with Gasteiger partial charge in [-0.1, -0.05) is 0 Å². The van der Waals surface area contributed by atoms with E-state index in [0.29, 0.717) is 0 Å². The van der Waals surface area contributed by atoms with Crippen molar-refractivity contribution in [2.75, 3.05) is 25.1 Å². The molecule has 0 bridgehead atoms. The summed E-state index contributed by atoms with van der Waals surface area (Å²) in [4.78, 5) is 23.6. The molecule has 0 saturated carbocycles. The molecule has 0 radical (unpaired) electrons. The fourth-order valence-corrected chi connectivity index (χ4v) is 1.90. The number of carbonyl (C=O) groups excluding carboxylic acids is 2. The van der Waals surface area contributed by atoms with E-state index in [4.69, 9.17) is 9.47 Å². The van der Waals surface area contributed by atoms with Crippen molar-refractivity contribution in [1.29, 1.82) is 0 Å². The molecule has 0 aliphatic rings. The Balaban J connectivity index is 1.91. The number of amides is 2. The van der Waals surface area contributed by atoms with Crippen LogP contribution in [0.5, 0.6) is 11.5 Å². The first-order valence-electron chi connectivity index (χ1n) is 7.24. The van der Waals surface area contributed by atoms with Crippen LogP contribution in [0.1, 0.15) is 0 Å². The van der Waals surface area contributed by atoms with E-state index in [0.717, 1.165) is 24.3 Å². The SMILES string of the molecule is COc1cc(F)ccc1NNC(=O)C(=O)NNc1ccc(F)cc1OC. The summed E-state index contributed by atoms with van der Waals surface area (Å²) in [7, 11) is 2.66. The molecule has 138 valence electrons. The van der Waals surface area contributed by atoms with Crippen molar-refractivity contribution in [1.82, 2.24) is 10.9 Å². The maximum atomic E-state index is 13.1. The van der Waals surface area contributed by atoms with Gasteiger partial charge in [0.1, 0.15) is 23.1 Å². The molecule has 0 aliphatic carbocycles. The molecule has 0 unspecified atom stereocenters. The molecule has 2 amide bonds. The molecule has 8 nitrogen and oxygen atoms in total. The van der Waals surface area contributed by atoms with Gasteiger partial charge in [-0.3, -0.25) is 31.3 Å². The maximum Gasteiger partial charge on any atom is 0.329 e. The van der Waals surface area contributed by atoms with E-state index < -0.39 is 23.4 Å². The largest absolute Gasteiger partial charge is 0.494 e. The first-order valence-corrected chi connectivity index (χ1v) is 7.24. The molecule has 26 heavy (non-hydrogen) atoms. The number of rotatable bonds is 6. The van der Waals surface area contributed by atoms with Gasteiger partial charge in [0.05, 0.1) is 25.6 Å². The van der Waals surface area contributed by atoms with Gasteiger partial charge in [0.15, 0.2) is 0 Å². The van der Waals surface area contributed by atoms with Gasteiger partial charge >= 0.3 is 11.8 Å². The predicted octanol–water partition coefficient (Wildman–Crippen LogP) is 1.57. The zero-order chi connectivity index (χ0) is 19.1. The molecule has 10 heteroatoms. The average molecular weight is 366 g/mol. The number of hydrogen-bond acceptors (Lipinski definition) is 6. The number of hydrazine groups is 2. The lowest BCUT2D eigenvalue weighted by Crippen LogP contribution is -2.44. The molecular weight excluding hydrogens is 350 g/mol. The highest BCUT2D eigenvalue weighted by Gasteiger charge is 2.15. The summed E-state index contributed by atoms with van der Waals surface area (Å²) in [5.74, 6) is -2.84. The van der Waals surface area contributed by atoms with Crippen molar-refractivity contribution < 1.29 is 27.8 Å². The maximum absolute atomic E-state index is 13.1. The Hall–Kier alpha value is -3.56. The highest BCUT2D eigenvalue weighted by molar-refractivity contribution is 6.35. The molecule has 4 N–H and O–H groups in total. The Bertz CT molecular complexity index is 749. The van der Waals surface area contributed by atoms with E-state index >= 15 is 0 Å². The van der Waals surface area contributed by atoms with Crippen molar-refractivity contribution >= 4 is 23.2 Å². The topological polar surface area (TPSA) is 101 Å². The van der Waals surface area contributed by atoms with Crippen molar-refractivity contribution in [3.8, 4) is 11.5 Å². The summed E-state index contributed by atoms with van der Waals surface area (Å²) in [5, 5.41) is 0. The Morgan fingerprint density at radius 2 is 1.15 bits per heavy atom. The Morgan fingerprint density at radius 1 is 0.769 bits per heavy atom. The monoisotopic (exact) mass is 366 g/mol. The first-order chi connectivity index (χ1) is 12.4. The van der Waals surface area contributed by atoms with Crippen LogP contribution in [0.25, 0.3) is 0 Å². The lowest BCUT2D eigenvalue weighted by molar-refractivity contribution is -0.138. The minimum absolute atomic E-state index is 0.139. The molecule has 2 rings (SSSR count). The molecule has 0 fully saturated rings. The normalized spacial score (nSPS) is 9.85. The van der Waals surface area contributed by atoms with Crippen LogP contribution in [0, 0.1) is 11.6 Å². The zero-order valence-electron chi connectivity index (χ0n) is 13.9. The molecule has 2 aromatic rings. The summed E-state index contributed by atoms with van der Waals surface area (Å²) < 4.78 is 36.1. The highest BCUT2D eigenvalue weighted by Crippen LogP contribution is 2.24. The minimum Gasteiger partial charge on any atom is -0.494 e. The number of benzene rings is 2. The molecular formula is C16H16F2N4O4. The summed E-state index contributed by atoms with van der Waals surface area (Å²) >= 11 is 0. The van der Waals surface area contributed by atoms with E-state index in [1.165, 1.54) is 26.4 Å². The van der Waals surface area contributed by atoms with Crippen molar-refractivity contribution in [2.24, 2.45) is 0 Å². The number of nitrogens with one attached hydrogen (secondary N) is 4. The van der Waals surface area contributed by atoms with Gasteiger partial charge in [0.25, 0.3) is 0 Å². The van der Waals surface area contributed by atoms with E-state index in [-0.39, 0.29) is 22.9 Å². The minimum atomic E-state index is -1.04. The molecule has 0 aromatic heterocycles.